The summed E-state index contributed by atoms with van der Waals surface area (Å²) in [5.74, 6) is 0.152. The largest absolute Gasteiger partial charge is 0.358 e. The van der Waals surface area contributed by atoms with Crippen LogP contribution in [0.4, 0.5) is 0 Å². The molecule has 118 valence electrons. The van der Waals surface area contributed by atoms with Crippen molar-refractivity contribution >= 4 is 28.1 Å². The molecule has 4 heteroatoms. The molecule has 2 aromatic heterocycles. The summed E-state index contributed by atoms with van der Waals surface area (Å²) in [4.78, 5) is 18.4. The van der Waals surface area contributed by atoms with Crippen molar-refractivity contribution in [3.05, 3.63) is 57.4 Å². The zero-order chi connectivity index (χ0) is 16.0. The SMILES string of the molecule is Cc1[nH]c2ccc(C(=O)N3CCCC3c3ccsc3)cc2c1C. The Morgan fingerprint density at radius 1 is 1.30 bits per heavy atom. The van der Waals surface area contributed by atoms with Crippen molar-refractivity contribution in [2.45, 2.75) is 32.7 Å². The Kier molecular flexibility index (Phi) is 3.49. The van der Waals surface area contributed by atoms with Crippen molar-refractivity contribution in [1.29, 1.82) is 0 Å². The first-order valence-electron chi connectivity index (χ1n) is 8.07. The maximum absolute atomic E-state index is 13.0. The lowest BCUT2D eigenvalue weighted by atomic mass is 10.1. The van der Waals surface area contributed by atoms with Crippen LogP contribution in [0.5, 0.6) is 0 Å². The number of H-pyrrole nitrogens is 1. The van der Waals surface area contributed by atoms with Gasteiger partial charge in [0.25, 0.3) is 5.91 Å². The minimum atomic E-state index is 0.152. The summed E-state index contributed by atoms with van der Waals surface area (Å²) in [5, 5.41) is 5.41. The number of aromatic nitrogens is 1. The number of likely N-dealkylation sites (tertiary alicyclic amines) is 1. The fourth-order valence-electron chi connectivity index (χ4n) is 3.58. The molecule has 1 aromatic carbocycles. The van der Waals surface area contributed by atoms with Gasteiger partial charge in [-0.2, -0.15) is 11.3 Å². The van der Waals surface area contributed by atoms with E-state index in [0.29, 0.717) is 0 Å². The molecule has 1 N–H and O–H groups in total. The normalized spacial score (nSPS) is 18.0. The van der Waals surface area contributed by atoms with Crippen LogP contribution >= 0.6 is 11.3 Å². The minimum absolute atomic E-state index is 0.152. The van der Waals surface area contributed by atoms with Crippen LogP contribution in [0.1, 0.15) is 46.1 Å². The molecule has 3 aromatic rings. The molecule has 0 saturated carbocycles. The summed E-state index contributed by atoms with van der Waals surface area (Å²) in [6, 6.07) is 8.39. The molecule has 23 heavy (non-hydrogen) atoms. The molecule has 0 spiro atoms. The van der Waals surface area contributed by atoms with Crippen LogP contribution in [0, 0.1) is 13.8 Å². The number of benzene rings is 1. The van der Waals surface area contributed by atoms with Crippen LogP contribution in [0.2, 0.25) is 0 Å². The van der Waals surface area contributed by atoms with Gasteiger partial charge in [0.05, 0.1) is 6.04 Å². The highest BCUT2D eigenvalue weighted by Gasteiger charge is 2.30. The van der Waals surface area contributed by atoms with Gasteiger partial charge in [-0.3, -0.25) is 4.79 Å². The number of nitrogens with zero attached hydrogens (tertiary/aromatic N) is 1. The Morgan fingerprint density at radius 2 is 2.17 bits per heavy atom. The van der Waals surface area contributed by atoms with Gasteiger partial charge in [0.1, 0.15) is 0 Å². The predicted octanol–water partition coefficient (Wildman–Crippen LogP) is 4.82. The maximum Gasteiger partial charge on any atom is 0.254 e. The van der Waals surface area contributed by atoms with Gasteiger partial charge >= 0.3 is 0 Å². The Bertz CT molecular complexity index is 863. The predicted molar refractivity (Wildman–Crippen MR) is 95.1 cm³/mol. The number of rotatable bonds is 2. The van der Waals surface area contributed by atoms with Crippen LogP contribution in [-0.4, -0.2) is 22.3 Å². The molecule has 3 heterocycles. The molecule has 0 radical (unpaired) electrons. The summed E-state index contributed by atoms with van der Waals surface area (Å²) in [5.41, 5.74) is 5.57. The Balaban J connectivity index is 1.69. The summed E-state index contributed by atoms with van der Waals surface area (Å²) in [6.07, 6.45) is 2.14. The third-order valence-corrected chi connectivity index (χ3v) is 5.70. The molecular weight excluding hydrogens is 304 g/mol. The summed E-state index contributed by atoms with van der Waals surface area (Å²) in [6.45, 7) is 5.03. The molecule has 3 nitrogen and oxygen atoms in total. The summed E-state index contributed by atoms with van der Waals surface area (Å²) >= 11 is 1.70. The number of fused-ring (bicyclic) bond motifs is 1. The lowest BCUT2D eigenvalue weighted by Gasteiger charge is -2.24. The van der Waals surface area contributed by atoms with E-state index in [4.69, 9.17) is 0 Å². The minimum Gasteiger partial charge on any atom is -0.358 e. The van der Waals surface area contributed by atoms with Gasteiger partial charge in [0.2, 0.25) is 0 Å². The average molecular weight is 324 g/mol. The third kappa shape index (κ3) is 2.38. The van der Waals surface area contributed by atoms with E-state index in [1.807, 2.05) is 23.1 Å². The van der Waals surface area contributed by atoms with Gasteiger partial charge in [-0.05, 0) is 72.8 Å². The van der Waals surface area contributed by atoms with Crippen molar-refractivity contribution < 1.29 is 4.79 Å². The summed E-state index contributed by atoms with van der Waals surface area (Å²) in [7, 11) is 0. The lowest BCUT2D eigenvalue weighted by Crippen LogP contribution is -2.30. The van der Waals surface area contributed by atoms with E-state index in [2.05, 4.69) is 35.7 Å². The van der Waals surface area contributed by atoms with Crippen molar-refractivity contribution in [2.75, 3.05) is 6.54 Å². The molecule has 0 bridgehead atoms. The number of amides is 1. The van der Waals surface area contributed by atoms with Gasteiger partial charge in [-0.1, -0.05) is 0 Å². The molecule has 4 rings (SSSR count). The van der Waals surface area contributed by atoms with Gasteiger partial charge < -0.3 is 9.88 Å². The van der Waals surface area contributed by atoms with Crippen molar-refractivity contribution in [3.8, 4) is 0 Å². The molecule has 0 aliphatic carbocycles. The highest BCUT2D eigenvalue weighted by atomic mass is 32.1. The fourth-order valence-corrected chi connectivity index (χ4v) is 4.29. The number of thiophene rings is 1. The molecule has 1 atom stereocenters. The first-order valence-corrected chi connectivity index (χ1v) is 9.01. The van der Waals surface area contributed by atoms with E-state index in [-0.39, 0.29) is 11.9 Å². The topological polar surface area (TPSA) is 36.1 Å². The first-order chi connectivity index (χ1) is 11.1. The Hall–Kier alpha value is -2.07. The number of nitrogens with one attached hydrogen (secondary N) is 1. The molecule has 1 fully saturated rings. The van der Waals surface area contributed by atoms with Crippen LogP contribution in [0.15, 0.2) is 35.0 Å². The first kappa shape index (κ1) is 14.5. The molecular formula is C19H20N2OS. The fraction of sp³-hybridized carbons (Fsp3) is 0.316. The number of hydrogen-bond donors (Lipinski definition) is 1. The second-order valence-electron chi connectivity index (χ2n) is 6.35. The van der Waals surface area contributed by atoms with E-state index >= 15 is 0 Å². The van der Waals surface area contributed by atoms with Crippen molar-refractivity contribution in [2.24, 2.45) is 0 Å². The van der Waals surface area contributed by atoms with Gasteiger partial charge in [0.15, 0.2) is 0 Å². The van der Waals surface area contributed by atoms with E-state index in [1.54, 1.807) is 11.3 Å². The van der Waals surface area contributed by atoms with E-state index in [9.17, 15) is 4.79 Å². The molecule has 1 saturated heterocycles. The van der Waals surface area contributed by atoms with Gasteiger partial charge in [0, 0.05) is 28.7 Å². The standard InChI is InChI=1S/C19H20N2OS/c1-12-13(2)20-17-6-5-14(10-16(12)17)19(22)21-8-3-4-18(21)15-7-9-23-11-15/h5-7,9-11,18,20H,3-4,8H2,1-2H3. The van der Waals surface area contributed by atoms with E-state index in [1.165, 1.54) is 16.8 Å². The zero-order valence-electron chi connectivity index (χ0n) is 13.4. The second kappa shape index (κ2) is 5.53. The average Bonchev–Trinajstić information content (AvgIpc) is 3.27. The monoisotopic (exact) mass is 324 g/mol. The highest BCUT2D eigenvalue weighted by molar-refractivity contribution is 7.08. The van der Waals surface area contributed by atoms with Crippen LogP contribution in [0.25, 0.3) is 10.9 Å². The zero-order valence-corrected chi connectivity index (χ0v) is 14.2. The lowest BCUT2D eigenvalue weighted by molar-refractivity contribution is 0.0736. The maximum atomic E-state index is 13.0. The van der Waals surface area contributed by atoms with Gasteiger partial charge in [-0.25, -0.2) is 0 Å². The summed E-state index contributed by atoms with van der Waals surface area (Å²) < 4.78 is 0. The van der Waals surface area contributed by atoms with E-state index < -0.39 is 0 Å². The number of carbonyl (C=O) groups excluding carboxylic acids is 1. The number of aryl methyl sites for hydroxylation is 2. The van der Waals surface area contributed by atoms with E-state index in [0.717, 1.165) is 35.9 Å². The molecule has 1 aliphatic rings. The van der Waals surface area contributed by atoms with Crippen LogP contribution in [-0.2, 0) is 0 Å². The Labute approximate surface area is 139 Å². The third-order valence-electron chi connectivity index (χ3n) is 5.00. The van der Waals surface area contributed by atoms with Crippen LogP contribution < -0.4 is 0 Å². The number of hydrogen-bond acceptors (Lipinski definition) is 2. The van der Waals surface area contributed by atoms with Gasteiger partial charge in [-0.15, -0.1) is 0 Å². The highest BCUT2D eigenvalue weighted by Crippen LogP contribution is 2.34. The quantitative estimate of drug-likeness (QED) is 0.720. The Morgan fingerprint density at radius 3 is 2.96 bits per heavy atom. The second-order valence-corrected chi connectivity index (χ2v) is 7.13. The molecule has 1 amide bonds. The smallest absolute Gasteiger partial charge is 0.254 e. The van der Waals surface area contributed by atoms with Crippen LogP contribution in [0.3, 0.4) is 0 Å². The van der Waals surface area contributed by atoms with Crippen molar-refractivity contribution in [1.82, 2.24) is 9.88 Å². The number of carbonyl (C=O) groups is 1. The van der Waals surface area contributed by atoms with Crippen molar-refractivity contribution in [3.63, 3.8) is 0 Å². The molecule has 1 unspecified atom stereocenters. The molecule has 1 aliphatic heterocycles. The number of aromatic amines is 1.